The number of benzene rings is 2. The molecule has 0 fully saturated rings. The van der Waals surface area contributed by atoms with Crippen LogP contribution < -0.4 is 0 Å². The first-order chi connectivity index (χ1) is 21.8. The standard InChI is InChI=1S/C19H12N2O5.C14H7BrO5/c1-8(22)14-5-13-17(24)15-12(18(25)19(13)26-14)4-3-11(16(15)23)10-6-20-9(2)21-7-10;1-5(16)9-4-7-11(17)10-6(12(18)14(7)20-9)2-3-8(15)13(10)19/h3-7,23H,1-2H3;2-4,19H,1H3. The smallest absolute Gasteiger partial charge is 0.229 e. The van der Waals surface area contributed by atoms with Crippen molar-refractivity contribution in [3.05, 3.63) is 116 Å². The van der Waals surface area contributed by atoms with E-state index >= 15 is 0 Å². The molecule has 0 spiro atoms. The van der Waals surface area contributed by atoms with Crippen molar-refractivity contribution in [2.75, 3.05) is 0 Å². The number of fused-ring (bicyclic) bond motifs is 4. The Hall–Kier alpha value is -5.82. The summed E-state index contributed by atoms with van der Waals surface area (Å²) in [7, 11) is 0. The van der Waals surface area contributed by atoms with Gasteiger partial charge in [0.15, 0.2) is 34.6 Å². The number of halogens is 1. The average Bonchev–Trinajstić information content (AvgIpc) is 3.68. The van der Waals surface area contributed by atoms with Crippen molar-refractivity contribution >= 4 is 50.6 Å². The second kappa shape index (κ2) is 11.0. The van der Waals surface area contributed by atoms with Gasteiger partial charge in [0.05, 0.1) is 26.7 Å². The summed E-state index contributed by atoms with van der Waals surface area (Å²) in [4.78, 5) is 81.1. The SMILES string of the molecule is CC(=O)c1cc2c(o1)C(=O)c1ccc(-c3cnc(C)nc3)c(O)c1C2=O.CC(=O)c1cc2c(o1)C(=O)c1ccc(Br)c(O)c1C2=O. The van der Waals surface area contributed by atoms with Crippen molar-refractivity contribution in [2.24, 2.45) is 0 Å². The predicted octanol–water partition coefficient (Wildman–Crippen LogP) is 5.45. The fourth-order valence-corrected chi connectivity index (χ4v) is 5.41. The Morgan fingerprint density at radius 2 is 1.09 bits per heavy atom. The van der Waals surface area contributed by atoms with Crippen LogP contribution in [0.4, 0.5) is 0 Å². The second-order valence-electron chi connectivity index (χ2n) is 10.4. The van der Waals surface area contributed by atoms with E-state index in [1.165, 1.54) is 62.6 Å². The molecular formula is C33H19BrN2O10. The van der Waals surface area contributed by atoms with Gasteiger partial charge in [0.1, 0.15) is 17.3 Å². The molecule has 7 rings (SSSR count). The molecule has 0 aliphatic heterocycles. The van der Waals surface area contributed by atoms with Gasteiger partial charge in [0.25, 0.3) is 0 Å². The van der Waals surface area contributed by atoms with Crippen LogP contribution in [0, 0.1) is 6.92 Å². The quantitative estimate of drug-likeness (QED) is 0.224. The van der Waals surface area contributed by atoms with Crippen LogP contribution in [0.5, 0.6) is 11.5 Å². The molecule has 0 saturated carbocycles. The maximum atomic E-state index is 12.8. The summed E-state index contributed by atoms with van der Waals surface area (Å²) >= 11 is 3.10. The Balaban J connectivity index is 0.000000167. The highest BCUT2D eigenvalue weighted by molar-refractivity contribution is 9.10. The van der Waals surface area contributed by atoms with Gasteiger partial charge in [-0.15, -0.1) is 0 Å². The zero-order chi connectivity index (χ0) is 33.2. The van der Waals surface area contributed by atoms with Gasteiger partial charge in [-0.25, -0.2) is 9.97 Å². The molecule has 2 aromatic carbocycles. The molecule has 0 saturated heterocycles. The second-order valence-corrected chi connectivity index (χ2v) is 11.2. The summed E-state index contributed by atoms with van der Waals surface area (Å²) in [6.45, 7) is 4.28. The topological polar surface area (TPSA) is 195 Å². The minimum absolute atomic E-state index is 0.00102. The van der Waals surface area contributed by atoms with E-state index < -0.39 is 28.9 Å². The van der Waals surface area contributed by atoms with E-state index in [-0.39, 0.29) is 73.7 Å². The van der Waals surface area contributed by atoms with Gasteiger partial charge in [-0.1, -0.05) is 0 Å². The van der Waals surface area contributed by atoms with E-state index in [0.29, 0.717) is 21.4 Å². The van der Waals surface area contributed by atoms with E-state index in [2.05, 4.69) is 25.9 Å². The lowest BCUT2D eigenvalue weighted by atomic mass is 9.85. The van der Waals surface area contributed by atoms with Crippen LogP contribution in [-0.4, -0.2) is 54.9 Å². The minimum atomic E-state index is -0.571. The summed E-state index contributed by atoms with van der Waals surface area (Å²) < 4.78 is 10.7. The van der Waals surface area contributed by atoms with E-state index in [1.54, 1.807) is 6.92 Å². The number of carbonyl (C=O) groups excluding carboxylic acids is 6. The molecule has 228 valence electrons. The Labute approximate surface area is 266 Å². The number of phenols is 2. The number of carbonyl (C=O) groups is 6. The van der Waals surface area contributed by atoms with Gasteiger partial charge in [-0.05, 0) is 59.3 Å². The van der Waals surface area contributed by atoms with Crippen LogP contribution >= 0.6 is 15.9 Å². The number of aryl methyl sites for hydroxylation is 1. The van der Waals surface area contributed by atoms with Crippen LogP contribution in [0.15, 0.2) is 62.1 Å². The summed E-state index contributed by atoms with van der Waals surface area (Å²) in [6, 6.07) is 8.34. The molecule has 0 atom stereocenters. The van der Waals surface area contributed by atoms with Crippen LogP contribution in [0.2, 0.25) is 0 Å². The molecule has 2 N–H and O–H groups in total. The van der Waals surface area contributed by atoms with Crippen LogP contribution in [0.3, 0.4) is 0 Å². The van der Waals surface area contributed by atoms with E-state index in [9.17, 15) is 39.0 Å². The molecule has 0 unspecified atom stereocenters. The molecule has 0 amide bonds. The molecule has 3 aromatic heterocycles. The van der Waals surface area contributed by atoms with Crippen LogP contribution in [0.25, 0.3) is 11.1 Å². The highest BCUT2D eigenvalue weighted by Crippen LogP contribution is 2.40. The number of hydrogen-bond donors (Lipinski definition) is 2. The fraction of sp³-hybridized carbons (Fsp3) is 0.0909. The monoisotopic (exact) mass is 682 g/mol. The lowest BCUT2D eigenvalue weighted by Gasteiger charge is -2.16. The molecule has 13 heteroatoms. The lowest BCUT2D eigenvalue weighted by molar-refractivity contribution is 0.0942. The van der Waals surface area contributed by atoms with Gasteiger partial charge in [0, 0.05) is 48.5 Å². The maximum absolute atomic E-state index is 12.8. The normalized spacial score (nSPS) is 12.9. The zero-order valence-electron chi connectivity index (χ0n) is 24.1. The first-order valence-corrected chi connectivity index (χ1v) is 14.2. The van der Waals surface area contributed by atoms with Gasteiger partial charge >= 0.3 is 0 Å². The third-order valence-corrected chi connectivity index (χ3v) is 8.04. The third kappa shape index (κ3) is 4.68. The molecule has 46 heavy (non-hydrogen) atoms. The molecule has 2 aliphatic carbocycles. The lowest BCUT2D eigenvalue weighted by Crippen LogP contribution is -2.19. The Kier molecular flexibility index (Phi) is 7.20. The molecule has 0 radical (unpaired) electrons. The number of hydrogen-bond acceptors (Lipinski definition) is 12. The molecule has 0 bridgehead atoms. The van der Waals surface area contributed by atoms with Crippen LogP contribution in [0.1, 0.15) is 105 Å². The predicted molar refractivity (Wildman–Crippen MR) is 161 cm³/mol. The van der Waals surface area contributed by atoms with Gasteiger partial charge in [-0.2, -0.15) is 0 Å². The minimum Gasteiger partial charge on any atom is -0.507 e. The molecule has 2 aliphatic rings. The highest BCUT2D eigenvalue weighted by Gasteiger charge is 2.38. The van der Waals surface area contributed by atoms with Gasteiger partial charge < -0.3 is 19.0 Å². The molecule has 12 nitrogen and oxygen atoms in total. The van der Waals surface area contributed by atoms with E-state index in [0.717, 1.165) is 0 Å². The maximum Gasteiger partial charge on any atom is 0.229 e. The zero-order valence-corrected chi connectivity index (χ0v) is 25.6. The van der Waals surface area contributed by atoms with Crippen molar-refractivity contribution in [3.63, 3.8) is 0 Å². The third-order valence-electron chi connectivity index (χ3n) is 7.40. The molecular weight excluding hydrogens is 664 g/mol. The number of Topliss-reactive ketones (excluding diaryl/α,β-unsaturated/α-hetero) is 2. The summed E-state index contributed by atoms with van der Waals surface area (Å²) in [5, 5.41) is 20.6. The van der Waals surface area contributed by atoms with Crippen molar-refractivity contribution in [1.29, 1.82) is 0 Å². The number of phenolic OH excluding ortho intramolecular Hbond substituents is 2. The van der Waals surface area contributed by atoms with Crippen molar-refractivity contribution in [3.8, 4) is 22.6 Å². The number of rotatable bonds is 3. The summed E-state index contributed by atoms with van der Waals surface area (Å²) in [5.41, 5.74) is 0.724. The van der Waals surface area contributed by atoms with E-state index in [4.69, 9.17) is 8.83 Å². The Bertz CT molecular complexity index is 2220. The summed E-state index contributed by atoms with van der Waals surface area (Å²) in [5.74, 6) is -3.48. The first kappa shape index (κ1) is 30.2. The number of aromatic hydroxyl groups is 2. The highest BCUT2D eigenvalue weighted by atomic mass is 79.9. The fourth-order valence-electron chi connectivity index (χ4n) is 5.08. The Morgan fingerprint density at radius 3 is 1.57 bits per heavy atom. The van der Waals surface area contributed by atoms with E-state index in [1.807, 2.05) is 0 Å². The molecule has 5 aromatic rings. The number of furan rings is 2. The van der Waals surface area contributed by atoms with Crippen LogP contribution in [-0.2, 0) is 0 Å². The number of nitrogens with zero attached hydrogens (tertiary/aromatic N) is 2. The van der Waals surface area contributed by atoms with Crippen molar-refractivity contribution in [1.82, 2.24) is 9.97 Å². The van der Waals surface area contributed by atoms with Gasteiger partial charge in [-0.3, -0.25) is 28.8 Å². The van der Waals surface area contributed by atoms with Gasteiger partial charge in [0.2, 0.25) is 23.1 Å². The van der Waals surface area contributed by atoms with Crippen molar-refractivity contribution < 1.29 is 47.8 Å². The summed E-state index contributed by atoms with van der Waals surface area (Å²) in [6.07, 6.45) is 3.05. The average molecular weight is 683 g/mol. The number of ketones is 6. The Morgan fingerprint density at radius 1 is 0.652 bits per heavy atom. The first-order valence-electron chi connectivity index (χ1n) is 13.4. The largest absolute Gasteiger partial charge is 0.507 e. The molecule has 3 heterocycles. The number of aromatic nitrogens is 2. The van der Waals surface area contributed by atoms with Crippen molar-refractivity contribution in [2.45, 2.75) is 20.8 Å².